The Bertz CT molecular complexity index is 385. The zero-order chi connectivity index (χ0) is 13.4. The van der Waals surface area contributed by atoms with Crippen LogP contribution in [0, 0.1) is 5.82 Å². The lowest BCUT2D eigenvalue weighted by atomic mass is 10.0. The lowest BCUT2D eigenvalue weighted by molar-refractivity contribution is -0.122. The predicted octanol–water partition coefficient (Wildman–Crippen LogP) is 1.37. The zero-order valence-electron chi connectivity index (χ0n) is 10.5. The smallest absolute Gasteiger partial charge is 0.243 e. The van der Waals surface area contributed by atoms with Crippen LogP contribution in [0.15, 0.2) is 24.3 Å². The summed E-state index contributed by atoms with van der Waals surface area (Å²) in [7, 11) is 0. The first kappa shape index (κ1) is 14.6. The molecular weight excluding hydrogens is 235 g/mol. The van der Waals surface area contributed by atoms with Gasteiger partial charge in [-0.1, -0.05) is 19.1 Å². The molecule has 0 heterocycles. The Morgan fingerprint density at radius 2 is 2.33 bits per heavy atom. The van der Waals surface area contributed by atoms with Crippen LogP contribution in [0.4, 0.5) is 4.39 Å². The standard InChI is InChI=1S/C13H19FN2O2/c1-2-12(10-4-3-5-11(14)8-10)16-6-7-18-9-13(15)17/h3-5,8,12,16H,2,6-7,9H2,1H3,(H2,15,17). The maximum absolute atomic E-state index is 13.1. The first-order chi connectivity index (χ1) is 8.63. The van der Waals surface area contributed by atoms with Crippen molar-refractivity contribution in [3.05, 3.63) is 35.6 Å². The Morgan fingerprint density at radius 3 is 2.94 bits per heavy atom. The highest BCUT2D eigenvalue weighted by molar-refractivity contribution is 5.74. The molecule has 100 valence electrons. The van der Waals surface area contributed by atoms with Gasteiger partial charge < -0.3 is 15.8 Å². The Morgan fingerprint density at radius 1 is 1.56 bits per heavy atom. The number of rotatable bonds is 8. The molecule has 0 aliphatic heterocycles. The van der Waals surface area contributed by atoms with Gasteiger partial charge in [0.25, 0.3) is 0 Å². The fraction of sp³-hybridized carbons (Fsp3) is 0.462. The number of hydrogen-bond donors (Lipinski definition) is 2. The van der Waals surface area contributed by atoms with E-state index in [2.05, 4.69) is 5.32 Å². The van der Waals surface area contributed by atoms with Gasteiger partial charge in [-0.2, -0.15) is 0 Å². The molecule has 1 aromatic rings. The van der Waals surface area contributed by atoms with E-state index in [1.165, 1.54) is 12.1 Å². The van der Waals surface area contributed by atoms with Crippen molar-refractivity contribution in [2.75, 3.05) is 19.8 Å². The van der Waals surface area contributed by atoms with E-state index in [0.717, 1.165) is 12.0 Å². The van der Waals surface area contributed by atoms with E-state index in [1.54, 1.807) is 6.07 Å². The van der Waals surface area contributed by atoms with Crippen LogP contribution in [0.25, 0.3) is 0 Å². The molecule has 1 aromatic carbocycles. The Labute approximate surface area is 106 Å². The Balaban J connectivity index is 2.36. The number of nitrogens with two attached hydrogens (primary N) is 1. The molecular formula is C13H19FN2O2. The van der Waals surface area contributed by atoms with Crippen molar-refractivity contribution in [1.29, 1.82) is 0 Å². The minimum Gasteiger partial charge on any atom is -0.370 e. The SMILES string of the molecule is CCC(NCCOCC(N)=O)c1cccc(F)c1. The van der Waals surface area contributed by atoms with E-state index in [4.69, 9.17) is 10.5 Å². The van der Waals surface area contributed by atoms with Crippen LogP contribution in [0.1, 0.15) is 24.9 Å². The van der Waals surface area contributed by atoms with Gasteiger partial charge in [0.2, 0.25) is 5.91 Å². The predicted molar refractivity (Wildman–Crippen MR) is 67.4 cm³/mol. The van der Waals surface area contributed by atoms with E-state index in [0.29, 0.717) is 13.2 Å². The summed E-state index contributed by atoms with van der Waals surface area (Å²) < 4.78 is 18.1. The topological polar surface area (TPSA) is 64.3 Å². The van der Waals surface area contributed by atoms with Crippen molar-refractivity contribution in [3.63, 3.8) is 0 Å². The molecule has 3 N–H and O–H groups in total. The lowest BCUT2D eigenvalue weighted by Gasteiger charge is -2.17. The van der Waals surface area contributed by atoms with Crippen LogP contribution in [-0.2, 0) is 9.53 Å². The summed E-state index contributed by atoms with van der Waals surface area (Å²) in [4.78, 5) is 10.4. The number of carbonyl (C=O) groups excluding carboxylic acids is 1. The molecule has 0 radical (unpaired) electrons. The fourth-order valence-electron chi connectivity index (χ4n) is 1.70. The Hall–Kier alpha value is -1.46. The number of halogens is 1. The summed E-state index contributed by atoms with van der Waals surface area (Å²) in [6.07, 6.45) is 0.847. The number of ether oxygens (including phenoxy) is 1. The lowest BCUT2D eigenvalue weighted by Crippen LogP contribution is -2.27. The highest BCUT2D eigenvalue weighted by Crippen LogP contribution is 2.16. The van der Waals surface area contributed by atoms with E-state index in [1.807, 2.05) is 13.0 Å². The molecule has 0 saturated heterocycles. The third kappa shape index (κ3) is 5.25. The molecule has 0 spiro atoms. The third-order valence-electron chi connectivity index (χ3n) is 2.54. The molecule has 0 saturated carbocycles. The van der Waals surface area contributed by atoms with Crippen LogP contribution in [-0.4, -0.2) is 25.7 Å². The van der Waals surface area contributed by atoms with Crippen LogP contribution in [0.5, 0.6) is 0 Å². The van der Waals surface area contributed by atoms with Crippen molar-refractivity contribution < 1.29 is 13.9 Å². The molecule has 0 aliphatic rings. The summed E-state index contributed by atoms with van der Waals surface area (Å²) in [6, 6.07) is 6.60. The second-order valence-corrected chi connectivity index (χ2v) is 3.99. The normalized spacial score (nSPS) is 12.3. The second-order valence-electron chi connectivity index (χ2n) is 3.99. The number of amides is 1. The molecule has 1 atom stereocenters. The number of hydrogen-bond acceptors (Lipinski definition) is 3. The zero-order valence-corrected chi connectivity index (χ0v) is 10.5. The van der Waals surface area contributed by atoms with Gasteiger partial charge in [0.15, 0.2) is 0 Å². The molecule has 1 amide bonds. The van der Waals surface area contributed by atoms with E-state index in [9.17, 15) is 9.18 Å². The maximum atomic E-state index is 13.1. The van der Waals surface area contributed by atoms with Gasteiger partial charge in [-0.3, -0.25) is 4.79 Å². The molecule has 0 aliphatic carbocycles. The molecule has 1 unspecified atom stereocenters. The van der Waals surface area contributed by atoms with E-state index < -0.39 is 5.91 Å². The summed E-state index contributed by atoms with van der Waals surface area (Å²) in [5.74, 6) is -0.718. The minimum atomic E-state index is -0.479. The fourth-order valence-corrected chi connectivity index (χ4v) is 1.70. The molecule has 4 nitrogen and oxygen atoms in total. The molecule has 0 bridgehead atoms. The van der Waals surface area contributed by atoms with Crippen molar-refractivity contribution in [1.82, 2.24) is 5.32 Å². The number of carbonyl (C=O) groups is 1. The maximum Gasteiger partial charge on any atom is 0.243 e. The van der Waals surface area contributed by atoms with Gasteiger partial charge in [-0.25, -0.2) is 4.39 Å². The summed E-state index contributed by atoms with van der Waals surface area (Å²) >= 11 is 0. The molecule has 18 heavy (non-hydrogen) atoms. The van der Waals surface area contributed by atoms with Crippen molar-refractivity contribution in [3.8, 4) is 0 Å². The molecule has 0 fully saturated rings. The second kappa shape index (κ2) is 7.79. The van der Waals surface area contributed by atoms with Crippen molar-refractivity contribution in [2.45, 2.75) is 19.4 Å². The highest BCUT2D eigenvalue weighted by atomic mass is 19.1. The minimum absolute atomic E-state index is 0.0710. The number of primary amides is 1. The van der Waals surface area contributed by atoms with E-state index >= 15 is 0 Å². The molecule has 1 rings (SSSR count). The van der Waals surface area contributed by atoms with Crippen LogP contribution in [0.2, 0.25) is 0 Å². The number of nitrogens with one attached hydrogen (secondary N) is 1. The van der Waals surface area contributed by atoms with Crippen molar-refractivity contribution >= 4 is 5.91 Å². The van der Waals surface area contributed by atoms with Gasteiger partial charge in [0.05, 0.1) is 6.61 Å². The van der Waals surface area contributed by atoms with Gasteiger partial charge in [-0.15, -0.1) is 0 Å². The van der Waals surface area contributed by atoms with Crippen LogP contribution >= 0.6 is 0 Å². The van der Waals surface area contributed by atoms with Gasteiger partial charge in [-0.05, 0) is 24.1 Å². The molecule has 5 heteroatoms. The largest absolute Gasteiger partial charge is 0.370 e. The highest BCUT2D eigenvalue weighted by Gasteiger charge is 2.08. The van der Waals surface area contributed by atoms with Crippen LogP contribution < -0.4 is 11.1 Å². The van der Waals surface area contributed by atoms with Crippen LogP contribution in [0.3, 0.4) is 0 Å². The van der Waals surface area contributed by atoms with Gasteiger partial charge >= 0.3 is 0 Å². The average molecular weight is 254 g/mol. The summed E-state index contributed by atoms with van der Waals surface area (Å²) in [6.45, 7) is 2.93. The number of benzene rings is 1. The summed E-state index contributed by atoms with van der Waals surface area (Å²) in [5.41, 5.74) is 5.85. The van der Waals surface area contributed by atoms with E-state index in [-0.39, 0.29) is 18.5 Å². The van der Waals surface area contributed by atoms with Gasteiger partial charge in [0, 0.05) is 12.6 Å². The average Bonchev–Trinajstić information content (AvgIpc) is 2.33. The first-order valence-corrected chi connectivity index (χ1v) is 5.98. The Kier molecular flexibility index (Phi) is 6.32. The molecule has 0 aromatic heterocycles. The summed E-state index contributed by atoms with van der Waals surface area (Å²) in [5, 5.41) is 3.24. The first-order valence-electron chi connectivity index (χ1n) is 5.98. The quantitative estimate of drug-likeness (QED) is 0.689. The van der Waals surface area contributed by atoms with Gasteiger partial charge in [0.1, 0.15) is 12.4 Å². The monoisotopic (exact) mass is 254 g/mol. The van der Waals surface area contributed by atoms with Crippen molar-refractivity contribution in [2.24, 2.45) is 5.73 Å². The third-order valence-corrected chi connectivity index (χ3v) is 2.54.